The van der Waals surface area contributed by atoms with Crippen LogP contribution < -0.4 is 19.7 Å². The maximum atomic E-state index is 14.1. The van der Waals surface area contributed by atoms with Crippen LogP contribution in [0.1, 0.15) is 31.4 Å². The highest BCUT2D eigenvalue weighted by Crippen LogP contribution is 2.33. The summed E-state index contributed by atoms with van der Waals surface area (Å²) in [5.74, 6) is 1.10. The van der Waals surface area contributed by atoms with Crippen LogP contribution in [0.5, 0.6) is 5.88 Å². The number of hydrogen-bond donors (Lipinski definition) is 2. The number of nitrogens with zero attached hydrogens (tertiary/aromatic N) is 4. The lowest BCUT2D eigenvalue weighted by Crippen LogP contribution is -2.37. The summed E-state index contributed by atoms with van der Waals surface area (Å²) >= 11 is 0. The number of rotatable bonds is 7. The van der Waals surface area contributed by atoms with E-state index in [2.05, 4.69) is 24.9 Å². The Balaban J connectivity index is 1.35. The molecule has 198 valence electrons. The van der Waals surface area contributed by atoms with Gasteiger partial charge < -0.3 is 19.7 Å². The van der Waals surface area contributed by atoms with Gasteiger partial charge in [0.25, 0.3) is 0 Å². The van der Waals surface area contributed by atoms with Gasteiger partial charge in [-0.15, -0.1) is 0 Å². The Kier molecular flexibility index (Phi) is 7.29. The van der Waals surface area contributed by atoms with E-state index in [1.54, 1.807) is 12.1 Å². The van der Waals surface area contributed by atoms with Crippen LogP contribution in [0.25, 0.3) is 10.9 Å². The van der Waals surface area contributed by atoms with Crippen molar-refractivity contribution in [3.8, 4) is 5.88 Å². The third-order valence-corrected chi connectivity index (χ3v) is 7.15. The average Bonchev–Trinajstić information content (AvgIpc) is 2.87. The first-order valence-electron chi connectivity index (χ1n) is 12.4. The zero-order valence-electron chi connectivity index (χ0n) is 20.9. The molecule has 1 aliphatic carbocycles. The van der Waals surface area contributed by atoms with Crippen LogP contribution in [-0.2, 0) is 14.8 Å². The van der Waals surface area contributed by atoms with Crippen LogP contribution in [0.3, 0.4) is 0 Å². The summed E-state index contributed by atoms with van der Waals surface area (Å²) < 4.78 is 52.0. The molecule has 0 unspecified atom stereocenters. The van der Waals surface area contributed by atoms with Crippen molar-refractivity contribution in [2.75, 3.05) is 47.5 Å². The van der Waals surface area contributed by atoms with Crippen molar-refractivity contribution in [2.45, 2.75) is 44.8 Å². The van der Waals surface area contributed by atoms with Crippen molar-refractivity contribution in [1.82, 2.24) is 15.0 Å². The molecule has 37 heavy (non-hydrogen) atoms. The fourth-order valence-electron chi connectivity index (χ4n) is 4.71. The number of morpholine rings is 1. The van der Waals surface area contributed by atoms with Gasteiger partial charge in [-0.3, -0.25) is 9.71 Å². The molecule has 0 bridgehead atoms. The normalized spacial score (nSPS) is 20.6. The molecule has 0 atom stereocenters. The second kappa shape index (κ2) is 10.6. The molecular formula is C25H31FN6O4S. The number of hydrogen-bond acceptors (Lipinski definition) is 9. The molecule has 0 spiro atoms. The molecule has 2 aliphatic rings. The summed E-state index contributed by atoms with van der Waals surface area (Å²) in [5, 5.41) is 3.87. The van der Waals surface area contributed by atoms with Crippen molar-refractivity contribution < 1.29 is 22.3 Å². The molecular weight excluding hydrogens is 499 g/mol. The predicted octanol–water partition coefficient (Wildman–Crippen LogP) is 3.48. The molecule has 1 aliphatic heterocycles. The van der Waals surface area contributed by atoms with Gasteiger partial charge in [-0.05, 0) is 50.8 Å². The molecule has 4 heterocycles. The van der Waals surface area contributed by atoms with Crippen LogP contribution in [-0.4, -0.2) is 68.1 Å². The maximum Gasteiger partial charge on any atom is 0.229 e. The quantitative estimate of drug-likeness (QED) is 0.473. The Morgan fingerprint density at radius 2 is 1.86 bits per heavy atom. The van der Waals surface area contributed by atoms with Crippen molar-refractivity contribution in [2.24, 2.45) is 0 Å². The van der Waals surface area contributed by atoms with E-state index in [-0.39, 0.29) is 23.8 Å². The first-order chi connectivity index (χ1) is 17.7. The van der Waals surface area contributed by atoms with Crippen molar-refractivity contribution >= 4 is 38.2 Å². The van der Waals surface area contributed by atoms with E-state index in [4.69, 9.17) is 14.5 Å². The standard InChI is InChI=1S/C25H31FN6O4S/c1-16-3-8-21(26)24(28-16)29-17-4-6-19(7-5-17)36-25-20-13-18(31-37(2,33)34)15-27-22(20)14-23(30-25)32-9-11-35-12-10-32/h3,8,13-15,17,19,31H,4-7,9-12H2,1-2H3,(H,28,29). The Labute approximate surface area is 215 Å². The Morgan fingerprint density at radius 1 is 1.11 bits per heavy atom. The maximum absolute atomic E-state index is 14.1. The second-order valence-corrected chi connectivity index (χ2v) is 11.3. The highest BCUT2D eigenvalue weighted by molar-refractivity contribution is 7.92. The Hall–Kier alpha value is -3.25. The lowest BCUT2D eigenvalue weighted by molar-refractivity contribution is 0.122. The van der Waals surface area contributed by atoms with Crippen LogP contribution >= 0.6 is 0 Å². The topological polar surface area (TPSA) is 119 Å². The second-order valence-electron chi connectivity index (χ2n) is 9.57. The molecule has 0 radical (unpaired) electrons. The molecule has 5 rings (SSSR count). The lowest BCUT2D eigenvalue weighted by atomic mass is 9.93. The highest BCUT2D eigenvalue weighted by atomic mass is 32.2. The third-order valence-electron chi connectivity index (χ3n) is 6.55. The number of aryl methyl sites for hydroxylation is 1. The number of sulfonamides is 1. The minimum absolute atomic E-state index is 0.0875. The van der Waals surface area contributed by atoms with Gasteiger partial charge in [-0.25, -0.2) is 17.8 Å². The first-order valence-corrected chi connectivity index (χ1v) is 14.3. The molecule has 10 nitrogen and oxygen atoms in total. The number of fused-ring (bicyclic) bond motifs is 1. The molecule has 1 saturated heterocycles. The summed E-state index contributed by atoms with van der Waals surface area (Å²) in [7, 11) is -3.46. The number of nitrogens with one attached hydrogen (secondary N) is 2. The summed E-state index contributed by atoms with van der Waals surface area (Å²) in [6.07, 6.45) is 5.59. The largest absolute Gasteiger partial charge is 0.474 e. The van der Waals surface area contributed by atoms with Crippen molar-refractivity contribution in [3.63, 3.8) is 0 Å². The molecule has 2 fully saturated rings. The number of anilines is 3. The average molecular weight is 531 g/mol. The molecule has 0 aromatic carbocycles. The zero-order valence-corrected chi connectivity index (χ0v) is 21.7. The van der Waals surface area contributed by atoms with Gasteiger partial charge in [0.15, 0.2) is 11.6 Å². The Bertz CT molecular complexity index is 1380. The van der Waals surface area contributed by atoms with E-state index < -0.39 is 10.0 Å². The number of pyridine rings is 3. The Morgan fingerprint density at radius 3 is 2.59 bits per heavy atom. The lowest BCUT2D eigenvalue weighted by Gasteiger charge is -2.31. The van der Waals surface area contributed by atoms with Gasteiger partial charge in [0.1, 0.15) is 11.9 Å². The molecule has 0 amide bonds. The van der Waals surface area contributed by atoms with Gasteiger partial charge >= 0.3 is 0 Å². The molecule has 12 heteroatoms. The molecule has 3 aromatic rings. The van der Waals surface area contributed by atoms with Gasteiger partial charge in [0.2, 0.25) is 15.9 Å². The number of halogens is 1. The summed E-state index contributed by atoms with van der Waals surface area (Å²) in [4.78, 5) is 15.7. The van der Waals surface area contributed by atoms with Gasteiger partial charge in [-0.2, -0.15) is 4.98 Å². The van der Waals surface area contributed by atoms with Crippen LogP contribution in [0, 0.1) is 12.7 Å². The van der Waals surface area contributed by atoms with E-state index >= 15 is 0 Å². The van der Waals surface area contributed by atoms with Crippen molar-refractivity contribution in [3.05, 3.63) is 42.0 Å². The number of ether oxygens (including phenoxy) is 2. The fraction of sp³-hybridized carbons (Fsp3) is 0.480. The first kappa shape index (κ1) is 25.4. The number of aromatic nitrogens is 3. The SMILES string of the molecule is Cc1ccc(F)c(NC2CCC(Oc3nc(N4CCOCC4)cc4ncc(NS(C)(=O)=O)cc34)CC2)n1. The van der Waals surface area contributed by atoms with E-state index in [9.17, 15) is 12.8 Å². The van der Waals surface area contributed by atoms with E-state index in [0.29, 0.717) is 48.8 Å². The van der Waals surface area contributed by atoms with Gasteiger partial charge in [0, 0.05) is 30.9 Å². The van der Waals surface area contributed by atoms with Gasteiger partial charge in [0.05, 0.1) is 42.3 Å². The van der Waals surface area contributed by atoms with Crippen LogP contribution in [0.15, 0.2) is 30.5 Å². The summed E-state index contributed by atoms with van der Waals surface area (Å²) in [6.45, 7) is 4.50. The van der Waals surface area contributed by atoms with Crippen LogP contribution in [0.2, 0.25) is 0 Å². The third kappa shape index (κ3) is 6.37. The monoisotopic (exact) mass is 530 g/mol. The van der Waals surface area contributed by atoms with E-state index in [1.165, 1.54) is 12.3 Å². The van der Waals surface area contributed by atoms with Crippen molar-refractivity contribution in [1.29, 1.82) is 0 Å². The van der Waals surface area contributed by atoms with Gasteiger partial charge in [-0.1, -0.05) is 0 Å². The van der Waals surface area contributed by atoms with E-state index in [1.807, 2.05) is 13.0 Å². The fourth-order valence-corrected chi connectivity index (χ4v) is 5.25. The van der Waals surface area contributed by atoms with E-state index in [0.717, 1.165) is 43.5 Å². The minimum atomic E-state index is -3.46. The molecule has 2 N–H and O–H groups in total. The zero-order chi connectivity index (χ0) is 26.0. The minimum Gasteiger partial charge on any atom is -0.474 e. The molecule has 1 saturated carbocycles. The molecule has 3 aromatic heterocycles. The smallest absolute Gasteiger partial charge is 0.229 e. The predicted molar refractivity (Wildman–Crippen MR) is 140 cm³/mol. The van der Waals surface area contributed by atoms with Crippen LogP contribution in [0.4, 0.5) is 21.7 Å². The summed E-state index contributed by atoms with van der Waals surface area (Å²) in [6, 6.07) is 6.77. The summed E-state index contributed by atoms with van der Waals surface area (Å²) in [5.41, 5.74) is 1.78. The highest BCUT2D eigenvalue weighted by Gasteiger charge is 2.25.